The monoisotopic (exact) mass is 415 g/mol. The Hall–Kier alpha value is -3.06. The van der Waals surface area contributed by atoms with Crippen LogP contribution < -0.4 is 11.1 Å². The van der Waals surface area contributed by atoms with E-state index in [9.17, 15) is 14.4 Å². The number of rotatable bonds is 6. The first-order valence-corrected chi connectivity index (χ1v) is 9.62. The number of carbonyl (C=O) groups is 3. The van der Waals surface area contributed by atoms with Gasteiger partial charge in [-0.15, -0.1) is 0 Å². The molecule has 1 aliphatic heterocycles. The molecule has 3 N–H and O–H groups in total. The molecule has 2 aromatic carbocycles. The van der Waals surface area contributed by atoms with Crippen LogP contribution in [0.25, 0.3) is 0 Å². The molecule has 7 nitrogen and oxygen atoms in total. The van der Waals surface area contributed by atoms with Gasteiger partial charge in [-0.3, -0.25) is 9.59 Å². The predicted molar refractivity (Wildman–Crippen MR) is 108 cm³/mol. The summed E-state index contributed by atoms with van der Waals surface area (Å²) in [4.78, 5) is 37.6. The Kier molecular flexibility index (Phi) is 6.72. The number of nitrogens with zero attached hydrogens (tertiary/aromatic N) is 1. The number of hydrogen-bond donors (Lipinski definition) is 2. The first kappa shape index (κ1) is 20.7. The summed E-state index contributed by atoms with van der Waals surface area (Å²) < 4.78 is 5.15. The molecular weight excluding hydrogens is 394 g/mol. The van der Waals surface area contributed by atoms with Gasteiger partial charge in [0.1, 0.15) is 0 Å². The van der Waals surface area contributed by atoms with Crippen LogP contribution in [0.3, 0.4) is 0 Å². The lowest BCUT2D eigenvalue weighted by Gasteiger charge is -2.28. The average Bonchev–Trinajstić information content (AvgIpc) is 2.71. The molecular formula is C21H22ClN3O4. The number of nitrogens with one attached hydrogen (secondary N) is 1. The van der Waals surface area contributed by atoms with Gasteiger partial charge in [0.25, 0.3) is 5.91 Å². The van der Waals surface area contributed by atoms with Crippen molar-refractivity contribution in [1.29, 1.82) is 0 Å². The zero-order valence-electron chi connectivity index (χ0n) is 15.8. The van der Waals surface area contributed by atoms with Gasteiger partial charge >= 0.3 is 12.0 Å². The zero-order chi connectivity index (χ0) is 20.8. The number of primary amides is 1. The standard InChI is InChI=1S/C21H22ClN3O4/c22-17-7-5-15(6-8-17)18(24-21(23)28)11-20(27)29-13-19(26)25-10-9-14-3-1-2-4-16(14)12-25/h1-8,18H,9-13H2,(H3,23,24,28)/t18-/m0/s1. The van der Waals surface area contributed by atoms with Crippen LogP contribution in [0.2, 0.25) is 5.02 Å². The van der Waals surface area contributed by atoms with Crippen molar-refractivity contribution in [2.45, 2.75) is 25.4 Å². The fourth-order valence-corrected chi connectivity index (χ4v) is 3.41. The second-order valence-electron chi connectivity index (χ2n) is 6.81. The maximum absolute atomic E-state index is 12.4. The lowest BCUT2D eigenvalue weighted by atomic mass is 10.00. The molecule has 0 aliphatic carbocycles. The number of ether oxygens (including phenoxy) is 1. The number of urea groups is 1. The van der Waals surface area contributed by atoms with Gasteiger partial charge in [-0.05, 0) is 35.2 Å². The minimum atomic E-state index is -0.763. The van der Waals surface area contributed by atoms with E-state index >= 15 is 0 Å². The van der Waals surface area contributed by atoms with E-state index in [4.69, 9.17) is 22.1 Å². The third-order valence-electron chi connectivity index (χ3n) is 4.80. The highest BCUT2D eigenvalue weighted by atomic mass is 35.5. The fraction of sp³-hybridized carbons (Fsp3) is 0.286. The first-order valence-electron chi connectivity index (χ1n) is 9.24. The fourth-order valence-electron chi connectivity index (χ4n) is 3.29. The van der Waals surface area contributed by atoms with E-state index in [0.29, 0.717) is 23.7 Å². The summed E-state index contributed by atoms with van der Waals surface area (Å²) in [5.41, 5.74) is 8.20. The van der Waals surface area contributed by atoms with Crippen LogP contribution in [0.4, 0.5) is 4.79 Å². The van der Waals surface area contributed by atoms with E-state index in [1.54, 1.807) is 29.2 Å². The van der Waals surface area contributed by atoms with Crippen molar-refractivity contribution < 1.29 is 19.1 Å². The zero-order valence-corrected chi connectivity index (χ0v) is 16.5. The number of amides is 3. The van der Waals surface area contributed by atoms with E-state index in [2.05, 4.69) is 11.4 Å². The SMILES string of the molecule is NC(=O)N[C@@H](CC(=O)OCC(=O)N1CCc2ccccc2C1)c1ccc(Cl)cc1. The topological polar surface area (TPSA) is 102 Å². The molecule has 0 bridgehead atoms. The normalized spacial score (nSPS) is 13.9. The van der Waals surface area contributed by atoms with E-state index in [1.165, 1.54) is 5.56 Å². The number of benzene rings is 2. The van der Waals surface area contributed by atoms with Crippen LogP contribution in [0.1, 0.15) is 29.2 Å². The van der Waals surface area contributed by atoms with Gasteiger partial charge in [0.2, 0.25) is 0 Å². The van der Waals surface area contributed by atoms with Gasteiger partial charge in [-0.25, -0.2) is 4.79 Å². The van der Waals surface area contributed by atoms with Crippen LogP contribution >= 0.6 is 11.6 Å². The molecule has 0 saturated carbocycles. The van der Waals surface area contributed by atoms with Crippen molar-refractivity contribution in [3.05, 3.63) is 70.2 Å². The van der Waals surface area contributed by atoms with Gasteiger partial charge in [-0.1, -0.05) is 48.0 Å². The summed E-state index contributed by atoms with van der Waals surface area (Å²) in [5.74, 6) is -0.858. The van der Waals surface area contributed by atoms with Crippen molar-refractivity contribution in [2.24, 2.45) is 5.73 Å². The summed E-state index contributed by atoms with van der Waals surface area (Å²) in [5, 5.41) is 3.04. The van der Waals surface area contributed by atoms with Crippen molar-refractivity contribution in [1.82, 2.24) is 10.2 Å². The minimum absolute atomic E-state index is 0.152. The van der Waals surface area contributed by atoms with E-state index in [0.717, 1.165) is 12.0 Å². The molecule has 3 amide bonds. The number of halogens is 1. The molecule has 0 radical (unpaired) electrons. The molecule has 0 spiro atoms. The molecule has 29 heavy (non-hydrogen) atoms. The van der Waals surface area contributed by atoms with Gasteiger partial charge in [0, 0.05) is 18.1 Å². The Labute approximate surface area is 173 Å². The van der Waals surface area contributed by atoms with Crippen molar-refractivity contribution in [3.63, 3.8) is 0 Å². The highest BCUT2D eigenvalue weighted by Crippen LogP contribution is 2.21. The second-order valence-corrected chi connectivity index (χ2v) is 7.25. The third-order valence-corrected chi connectivity index (χ3v) is 5.05. The Balaban J connectivity index is 1.54. The molecule has 1 aliphatic rings. The molecule has 1 atom stereocenters. The molecule has 0 saturated heterocycles. The molecule has 1 heterocycles. The predicted octanol–water partition coefficient (Wildman–Crippen LogP) is 2.57. The Bertz CT molecular complexity index is 901. The summed E-state index contributed by atoms with van der Waals surface area (Å²) in [6, 6.07) is 13.2. The Morgan fingerprint density at radius 2 is 1.79 bits per heavy atom. The van der Waals surface area contributed by atoms with Crippen molar-refractivity contribution in [2.75, 3.05) is 13.2 Å². The minimum Gasteiger partial charge on any atom is -0.455 e. The Morgan fingerprint density at radius 1 is 1.10 bits per heavy atom. The van der Waals surface area contributed by atoms with E-state index in [1.807, 2.05) is 18.2 Å². The van der Waals surface area contributed by atoms with Gasteiger partial charge in [0.05, 0.1) is 12.5 Å². The van der Waals surface area contributed by atoms with E-state index < -0.39 is 18.0 Å². The quantitative estimate of drug-likeness (QED) is 0.708. The maximum atomic E-state index is 12.4. The molecule has 0 unspecified atom stereocenters. The second kappa shape index (κ2) is 9.43. The number of esters is 1. The number of nitrogens with two attached hydrogens (primary N) is 1. The summed E-state index contributed by atoms with van der Waals surface area (Å²) in [6.07, 6.45) is 0.623. The lowest BCUT2D eigenvalue weighted by Crippen LogP contribution is -2.39. The summed E-state index contributed by atoms with van der Waals surface area (Å²) in [6.45, 7) is 0.748. The van der Waals surface area contributed by atoms with Crippen LogP contribution in [0.5, 0.6) is 0 Å². The van der Waals surface area contributed by atoms with Crippen LogP contribution in [0.15, 0.2) is 48.5 Å². The van der Waals surface area contributed by atoms with Crippen molar-refractivity contribution in [3.8, 4) is 0 Å². The van der Waals surface area contributed by atoms with Crippen molar-refractivity contribution >= 4 is 29.5 Å². The highest BCUT2D eigenvalue weighted by molar-refractivity contribution is 6.30. The number of carbonyl (C=O) groups excluding carboxylic acids is 3. The van der Waals surface area contributed by atoms with Crippen LogP contribution in [-0.4, -0.2) is 36.0 Å². The summed E-state index contributed by atoms with van der Waals surface area (Å²) in [7, 11) is 0. The third kappa shape index (κ3) is 5.71. The van der Waals surface area contributed by atoms with Crippen LogP contribution in [0, 0.1) is 0 Å². The maximum Gasteiger partial charge on any atom is 0.312 e. The van der Waals surface area contributed by atoms with Gasteiger partial charge in [0.15, 0.2) is 6.61 Å². The molecule has 152 valence electrons. The number of hydrogen-bond acceptors (Lipinski definition) is 4. The average molecular weight is 416 g/mol. The molecule has 3 rings (SSSR count). The Morgan fingerprint density at radius 3 is 2.48 bits per heavy atom. The smallest absolute Gasteiger partial charge is 0.312 e. The largest absolute Gasteiger partial charge is 0.455 e. The first-order chi connectivity index (χ1) is 13.9. The molecule has 0 aromatic heterocycles. The number of fused-ring (bicyclic) bond motifs is 1. The molecule has 8 heteroatoms. The van der Waals surface area contributed by atoms with Gasteiger partial charge < -0.3 is 20.7 Å². The van der Waals surface area contributed by atoms with Crippen LogP contribution in [-0.2, 0) is 27.3 Å². The highest BCUT2D eigenvalue weighted by Gasteiger charge is 2.23. The lowest BCUT2D eigenvalue weighted by molar-refractivity contribution is -0.152. The van der Waals surface area contributed by atoms with E-state index in [-0.39, 0.29) is 18.9 Å². The van der Waals surface area contributed by atoms with Gasteiger partial charge in [-0.2, -0.15) is 0 Å². The summed E-state index contributed by atoms with van der Waals surface area (Å²) >= 11 is 5.87. The molecule has 2 aromatic rings. The molecule has 0 fully saturated rings.